The van der Waals surface area contributed by atoms with E-state index in [-0.39, 0.29) is 17.8 Å². The minimum Gasteiger partial charge on any atom is -0.481 e. The van der Waals surface area contributed by atoms with Crippen molar-refractivity contribution in [2.75, 3.05) is 24.3 Å². The summed E-state index contributed by atoms with van der Waals surface area (Å²) in [7, 11) is 1.53. The van der Waals surface area contributed by atoms with E-state index in [4.69, 9.17) is 4.74 Å². The molecule has 0 saturated heterocycles. The summed E-state index contributed by atoms with van der Waals surface area (Å²) in [5.74, 6) is 0.334. The van der Waals surface area contributed by atoms with Crippen LogP contribution in [-0.2, 0) is 4.79 Å². The summed E-state index contributed by atoms with van der Waals surface area (Å²) >= 11 is 0. The van der Waals surface area contributed by atoms with Gasteiger partial charge in [0, 0.05) is 24.0 Å². The highest BCUT2D eigenvalue weighted by molar-refractivity contribution is 5.97. The zero-order valence-electron chi connectivity index (χ0n) is 11.9. The number of anilines is 2. The van der Waals surface area contributed by atoms with Gasteiger partial charge in [0.05, 0.1) is 13.0 Å². The molecule has 0 aliphatic carbocycles. The van der Waals surface area contributed by atoms with E-state index in [1.165, 1.54) is 7.11 Å². The summed E-state index contributed by atoms with van der Waals surface area (Å²) < 4.78 is 5.08. The first-order valence-corrected chi connectivity index (χ1v) is 6.70. The molecule has 0 spiro atoms. The van der Waals surface area contributed by atoms with Gasteiger partial charge in [0.25, 0.3) is 0 Å². The van der Waals surface area contributed by atoms with Gasteiger partial charge in [-0.25, -0.2) is 4.98 Å². The van der Waals surface area contributed by atoms with Crippen LogP contribution in [0.15, 0.2) is 30.3 Å². The molecule has 1 aliphatic rings. The van der Waals surface area contributed by atoms with Crippen LogP contribution < -0.4 is 15.4 Å². The Morgan fingerprint density at radius 2 is 2.19 bits per heavy atom. The first kappa shape index (κ1) is 13.4. The van der Waals surface area contributed by atoms with Gasteiger partial charge in [-0.3, -0.25) is 10.1 Å². The number of aromatic nitrogens is 2. The van der Waals surface area contributed by atoms with E-state index in [1.54, 1.807) is 6.07 Å². The highest BCUT2D eigenvalue weighted by atomic mass is 16.5. The smallest absolute Gasteiger partial charge is 0.236 e. The normalized spacial score (nSPS) is 16.0. The van der Waals surface area contributed by atoms with Gasteiger partial charge in [-0.1, -0.05) is 18.2 Å². The van der Waals surface area contributed by atoms with Crippen LogP contribution in [0, 0.1) is 6.92 Å². The molecular formula is C15H16N4O2. The van der Waals surface area contributed by atoms with Crippen molar-refractivity contribution >= 4 is 17.5 Å². The van der Waals surface area contributed by atoms with E-state index >= 15 is 0 Å². The Labute approximate surface area is 122 Å². The molecule has 0 fully saturated rings. The zero-order chi connectivity index (χ0) is 14.8. The minimum atomic E-state index is -0.240. The number of carbonyl (C=O) groups is 1. The first-order chi connectivity index (χ1) is 10.2. The van der Waals surface area contributed by atoms with Crippen LogP contribution in [0.5, 0.6) is 5.88 Å². The third kappa shape index (κ3) is 2.65. The van der Waals surface area contributed by atoms with E-state index in [1.807, 2.05) is 31.2 Å². The van der Waals surface area contributed by atoms with Gasteiger partial charge in [-0.15, -0.1) is 0 Å². The van der Waals surface area contributed by atoms with E-state index in [9.17, 15) is 4.79 Å². The second kappa shape index (κ2) is 5.40. The number of nitrogens with zero attached hydrogens (tertiary/aromatic N) is 2. The van der Waals surface area contributed by atoms with Crippen molar-refractivity contribution in [2.24, 2.45) is 0 Å². The number of para-hydroxylation sites is 1. The lowest BCUT2D eigenvalue weighted by Crippen LogP contribution is -2.23. The molecule has 108 valence electrons. The predicted molar refractivity (Wildman–Crippen MR) is 79.6 cm³/mol. The summed E-state index contributed by atoms with van der Waals surface area (Å²) in [5.41, 5.74) is 2.73. The van der Waals surface area contributed by atoms with Gasteiger partial charge in [0.1, 0.15) is 0 Å². The number of aryl methyl sites for hydroxylation is 1. The summed E-state index contributed by atoms with van der Waals surface area (Å²) in [6.07, 6.45) is 0. The molecule has 6 nitrogen and oxygen atoms in total. The maximum Gasteiger partial charge on any atom is 0.236 e. The lowest BCUT2D eigenvalue weighted by atomic mass is 10.0. The Balaban J connectivity index is 1.80. The fourth-order valence-electron chi connectivity index (χ4n) is 2.42. The van der Waals surface area contributed by atoms with Crippen LogP contribution >= 0.6 is 0 Å². The van der Waals surface area contributed by atoms with Crippen molar-refractivity contribution in [3.05, 3.63) is 41.6 Å². The SMILES string of the molecule is COc1cc(C)nc(NC(=O)C2CNc3ccccc32)n1. The summed E-state index contributed by atoms with van der Waals surface area (Å²) in [6, 6.07) is 9.51. The molecule has 2 heterocycles. The molecular weight excluding hydrogens is 268 g/mol. The molecule has 1 aliphatic heterocycles. The van der Waals surface area contributed by atoms with Crippen molar-refractivity contribution in [1.82, 2.24) is 9.97 Å². The molecule has 1 aromatic carbocycles. The number of methoxy groups -OCH3 is 1. The number of ether oxygens (including phenoxy) is 1. The summed E-state index contributed by atoms with van der Waals surface area (Å²) in [4.78, 5) is 20.8. The molecule has 1 aromatic heterocycles. The Kier molecular flexibility index (Phi) is 3.43. The molecule has 21 heavy (non-hydrogen) atoms. The summed E-state index contributed by atoms with van der Waals surface area (Å²) in [6.45, 7) is 2.40. The fourth-order valence-corrected chi connectivity index (χ4v) is 2.42. The van der Waals surface area contributed by atoms with Gasteiger partial charge < -0.3 is 10.1 Å². The maximum atomic E-state index is 12.4. The Morgan fingerprint density at radius 3 is 3.00 bits per heavy atom. The van der Waals surface area contributed by atoms with Crippen molar-refractivity contribution in [3.8, 4) is 5.88 Å². The lowest BCUT2D eigenvalue weighted by Gasteiger charge is -2.11. The average Bonchev–Trinajstić information content (AvgIpc) is 2.90. The highest BCUT2D eigenvalue weighted by Crippen LogP contribution is 2.31. The minimum absolute atomic E-state index is 0.125. The molecule has 2 N–H and O–H groups in total. The fraction of sp³-hybridized carbons (Fsp3) is 0.267. The second-order valence-electron chi connectivity index (χ2n) is 4.89. The third-order valence-electron chi connectivity index (χ3n) is 3.42. The van der Waals surface area contributed by atoms with Gasteiger partial charge in [0.2, 0.25) is 17.7 Å². The molecule has 0 bridgehead atoms. The van der Waals surface area contributed by atoms with Crippen LogP contribution in [0.2, 0.25) is 0 Å². The van der Waals surface area contributed by atoms with Crippen LogP contribution in [0.1, 0.15) is 17.2 Å². The van der Waals surface area contributed by atoms with Gasteiger partial charge >= 0.3 is 0 Å². The van der Waals surface area contributed by atoms with Gasteiger partial charge in [-0.05, 0) is 18.6 Å². The van der Waals surface area contributed by atoms with E-state index in [0.717, 1.165) is 16.9 Å². The van der Waals surface area contributed by atoms with Crippen LogP contribution in [0.25, 0.3) is 0 Å². The third-order valence-corrected chi connectivity index (χ3v) is 3.42. The van der Waals surface area contributed by atoms with Gasteiger partial charge in [-0.2, -0.15) is 4.98 Å². The summed E-state index contributed by atoms with van der Waals surface area (Å²) in [5, 5.41) is 5.98. The number of nitrogens with one attached hydrogen (secondary N) is 2. The van der Waals surface area contributed by atoms with Gasteiger partial charge in [0.15, 0.2) is 0 Å². The largest absolute Gasteiger partial charge is 0.481 e. The predicted octanol–water partition coefficient (Wildman–Crippen LogP) is 1.94. The van der Waals surface area contributed by atoms with Crippen molar-refractivity contribution in [1.29, 1.82) is 0 Å². The van der Waals surface area contributed by atoms with Crippen LogP contribution in [-0.4, -0.2) is 29.5 Å². The topological polar surface area (TPSA) is 76.1 Å². The standard InChI is InChI=1S/C15H16N4O2/c1-9-7-13(21-2)18-15(17-9)19-14(20)11-8-16-12-6-4-3-5-10(11)12/h3-7,11,16H,8H2,1-2H3,(H,17,18,19,20). The molecule has 1 unspecified atom stereocenters. The number of benzene rings is 1. The Morgan fingerprint density at radius 1 is 1.38 bits per heavy atom. The molecule has 1 amide bonds. The van der Waals surface area contributed by atoms with Crippen LogP contribution in [0.3, 0.4) is 0 Å². The first-order valence-electron chi connectivity index (χ1n) is 6.70. The quantitative estimate of drug-likeness (QED) is 0.901. The number of hydrogen-bond donors (Lipinski definition) is 2. The maximum absolute atomic E-state index is 12.4. The molecule has 1 atom stereocenters. The van der Waals surface area contributed by atoms with Crippen molar-refractivity contribution in [3.63, 3.8) is 0 Å². The number of fused-ring (bicyclic) bond motifs is 1. The van der Waals surface area contributed by atoms with Crippen LogP contribution in [0.4, 0.5) is 11.6 Å². The Hall–Kier alpha value is -2.63. The molecule has 0 radical (unpaired) electrons. The Bertz CT molecular complexity index is 687. The lowest BCUT2D eigenvalue weighted by molar-refractivity contribution is -0.117. The van der Waals surface area contributed by atoms with E-state index in [0.29, 0.717) is 12.4 Å². The number of hydrogen-bond acceptors (Lipinski definition) is 5. The van der Waals surface area contributed by atoms with Crippen molar-refractivity contribution < 1.29 is 9.53 Å². The molecule has 6 heteroatoms. The number of carbonyl (C=O) groups excluding carboxylic acids is 1. The molecule has 2 aromatic rings. The molecule has 0 saturated carbocycles. The van der Waals surface area contributed by atoms with Crippen molar-refractivity contribution in [2.45, 2.75) is 12.8 Å². The molecule has 3 rings (SSSR count). The van der Waals surface area contributed by atoms with E-state index in [2.05, 4.69) is 20.6 Å². The second-order valence-corrected chi connectivity index (χ2v) is 4.89. The average molecular weight is 284 g/mol. The zero-order valence-corrected chi connectivity index (χ0v) is 11.9. The number of amides is 1. The van der Waals surface area contributed by atoms with E-state index < -0.39 is 0 Å². The monoisotopic (exact) mass is 284 g/mol. The highest BCUT2D eigenvalue weighted by Gasteiger charge is 2.28. The number of rotatable bonds is 3.